The van der Waals surface area contributed by atoms with Crippen molar-refractivity contribution in [2.75, 3.05) is 46.5 Å². The number of hydrogen-bond acceptors (Lipinski definition) is 5. The first kappa shape index (κ1) is 15.4. The molecule has 0 unspecified atom stereocenters. The molecule has 1 aliphatic rings. The van der Waals surface area contributed by atoms with E-state index in [-0.39, 0.29) is 18.6 Å². The molecule has 2 rings (SSSR count). The molecule has 0 radical (unpaired) electrons. The Bertz CT molecular complexity index is 449. The second-order valence-corrected chi connectivity index (χ2v) is 6.11. The Kier molecular flexibility index (Phi) is 5.54. The van der Waals surface area contributed by atoms with Crippen LogP contribution in [-0.2, 0) is 4.74 Å². The first-order valence-corrected chi connectivity index (χ1v) is 7.73. The second kappa shape index (κ2) is 7.17. The van der Waals surface area contributed by atoms with E-state index in [9.17, 15) is 4.79 Å². The van der Waals surface area contributed by atoms with Gasteiger partial charge in [-0.2, -0.15) is 0 Å². The summed E-state index contributed by atoms with van der Waals surface area (Å²) in [6.45, 7) is 5.24. The Morgan fingerprint density at radius 2 is 2.45 bits per heavy atom. The van der Waals surface area contributed by atoms with Gasteiger partial charge in [0.2, 0.25) is 0 Å². The second-order valence-electron chi connectivity index (χ2n) is 5.20. The largest absolute Gasteiger partial charge is 0.395 e. The van der Waals surface area contributed by atoms with Crippen LogP contribution in [0, 0.1) is 6.92 Å². The van der Waals surface area contributed by atoms with Gasteiger partial charge in [-0.05, 0) is 31.0 Å². The summed E-state index contributed by atoms with van der Waals surface area (Å²) in [4.78, 5) is 17.3. The minimum absolute atomic E-state index is 0.0511. The third kappa shape index (κ3) is 3.79. The predicted octanol–water partition coefficient (Wildman–Crippen LogP) is 0.822. The molecule has 0 saturated carbocycles. The Labute approximate surface area is 123 Å². The quantitative estimate of drug-likeness (QED) is 0.874. The number of ether oxygens (including phenoxy) is 1. The summed E-state index contributed by atoms with van der Waals surface area (Å²) in [6.07, 6.45) is 0. The van der Waals surface area contributed by atoms with Crippen LogP contribution in [0.2, 0.25) is 0 Å². The molecule has 1 saturated heterocycles. The van der Waals surface area contributed by atoms with Gasteiger partial charge in [0.05, 0.1) is 30.7 Å². The molecule has 1 amide bonds. The molecule has 1 aromatic heterocycles. The van der Waals surface area contributed by atoms with Crippen LogP contribution in [0.5, 0.6) is 0 Å². The van der Waals surface area contributed by atoms with E-state index in [1.807, 2.05) is 35.2 Å². The van der Waals surface area contributed by atoms with Crippen LogP contribution in [0.15, 0.2) is 11.4 Å². The van der Waals surface area contributed by atoms with Gasteiger partial charge in [0, 0.05) is 19.6 Å². The smallest absolute Gasteiger partial charge is 0.264 e. The van der Waals surface area contributed by atoms with Crippen molar-refractivity contribution in [1.82, 2.24) is 9.80 Å². The fraction of sp³-hybridized carbons (Fsp3) is 0.643. The number of hydrogen-bond donors (Lipinski definition) is 1. The van der Waals surface area contributed by atoms with E-state index >= 15 is 0 Å². The number of aliphatic hydroxyl groups is 1. The van der Waals surface area contributed by atoms with E-state index in [0.29, 0.717) is 26.3 Å². The number of aliphatic hydroxyl groups excluding tert-OH is 1. The number of morpholine rings is 1. The van der Waals surface area contributed by atoms with Gasteiger partial charge in [0.25, 0.3) is 5.91 Å². The van der Waals surface area contributed by atoms with Crippen molar-refractivity contribution in [3.05, 3.63) is 21.9 Å². The fourth-order valence-electron chi connectivity index (χ4n) is 2.38. The van der Waals surface area contributed by atoms with Crippen molar-refractivity contribution in [3.63, 3.8) is 0 Å². The van der Waals surface area contributed by atoms with Gasteiger partial charge in [0.1, 0.15) is 0 Å². The Morgan fingerprint density at radius 1 is 1.65 bits per heavy atom. The van der Waals surface area contributed by atoms with Gasteiger partial charge in [-0.1, -0.05) is 0 Å². The van der Waals surface area contributed by atoms with Gasteiger partial charge < -0.3 is 19.6 Å². The number of nitrogens with zero attached hydrogens (tertiary/aromatic N) is 2. The molecular weight excluding hydrogens is 276 g/mol. The molecule has 0 aliphatic carbocycles. The molecule has 5 nitrogen and oxygen atoms in total. The van der Waals surface area contributed by atoms with Crippen molar-refractivity contribution < 1.29 is 14.6 Å². The predicted molar refractivity (Wildman–Crippen MR) is 79.3 cm³/mol. The highest BCUT2D eigenvalue weighted by atomic mass is 32.1. The number of carbonyl (C=O) groups excluding carboxylic acids is 1. The zero-order valence-corrected chi connectivity index (χ0v) is 12.9. The fourth-order valence-corrected chi connectivity index (χ4v) is 3.23. The molecule has 1 N–H and O–H groups in total. The maximum atomic E-state index is 12.6. The number of carbonyl (C=O) groups is 1. The summed E-state index contributed by atoms with van der Waals surface area (Å²) in [7, 11) is 1.95. The maximum Gasteiger partial charge on any atom is 0.264 e. The lowest BCUT2D eigenvalue weighted by Crippen LogP contribution is -2.53. The normalized spacial score (nSPS) is 19.6. The van der Waals surface area contributed by atoms with Gasteiger partial charge in [-0.3, -0.25) is 4.79 Å². The molecule has 1 fully saturated rings. The Hall–Kier alpha value is -0.950. The van der Waals surface area contributed by atoms with Gasteiger partial charge >= 0.3 is 0 Å². The van der Waals surface area contributed by atoms with Gasteiger partial charge in [-0.25, -0.2) is 0 Å². The summed E-state index contributed by atoms with van der Waals surface area (Å²) < 4.78 is 5.50. The first-order valence-electron chi connectivity index (χ1n) is 6.85. The number of aryl methyl sites for hydroxylation is 1. The molecule has 0 aromatic carbocycles. The average molecular weight is 298 g/mol. The molecule has 0 spiro atoms. The van der Waals surface area contributed by atoms with Crippen molar-refractivity contribution in [3.8, 4) is 0 Å². The van der Waals surface area contributed by atoms with E-state index in [1.54, 1.807) is 0 Å². The number of rotatable bonds is 5. The van der Waals surface area contributed by atoms with Crippen LogP contribution < -0.4 is 0 Å². The number of thiophene rings is 1. The lowest BCUT2D eigenvalue weighted by molar-refractivity contribution is -0.0107. The van der Waals surface area contributed by atoms with Gasteiger partial charge in [-0.15, -0.1) is 11.3 Å². The Morgan fingerprint density at radius 3 is 3.10 bits per heavy atom. The van der Waals surface area contributed by atoms with Crippen molar-refractivity contribution in [1.29, 1.82) is 0 Å². The molecule has 6 heteroatoms. The van der Waals surface area contributed by atoms with E-state index < -0.39 is 0 Å². The average Bonchev–Trinajstić information content (AvgIpc) is 2.85. The highest BCUT2D eigenvalue weighted by Gasteiger charge is 2.29. The van der Waals surface area contributed by atoms with E-state index in [4.69, 9.17) is 9.84 Å². The highest BCUT2D eigenvalue weighted by Crippen LogP contribution is 2.19. The van der Waals surface area contributed by atoms with Gasteiger partial charge in [0.15, 0.2) is 0 Å². The van der Waals surface area contributed by atoms with Crippen molar-refractivity contribution in [2.24, 2.45) is 0 Å². The molecule has 20 heavy (non-hydrogen) atoms. The van der Waals surface area contributed by atoms with E-state index in [0.717, 1.165) is 17.0 Å². The summed E-state index contributed by atoms with van der Waals surface area (Å²) in [5, 5.41) is 11.0. The monoisotopic (exact) mass is 298 g/mol. The van der Waals surface area contributed by atoms with Crippen molar-refractivity contribution >= 4 is 17.2 Å². The standard InChI is InChI=1S/C14H22N2O3S/c1-11-7-13(20-10-11)14(18)16-4-6-19-9-12(16)8-15(2)3-5-17/h7,10,12,17H,3-6,8-9H2,1-2H3/t12-/m1/s1. The topological polar surface area (TPSA) is 53.0 Å². The molecule has 112 valence electrons. The van der Waals surface area contributed by atoms with Crippen LogP contribution in [0.3, 0.4) is 0 Å². The Balaban J connectivity index is 2.04. The molecular formula is C14H22N2O3S. The van der Waals surface area contributed by atoms with Crippen LogP contribution in [-0.4, -0.2) is 73.4 Å². The highest BCUT2D eigenvalue weighted by molar-refractivity contribution is 7.12. The summed E-state index contributed by atoms with van der Waals surface area (Å²) >= 11 is 1.50. The number of likely N-dealkylation sites (N-methyl/N-ethyl adjacent to an activating group) is 1. The third-order valence-electron chi connectivity index (χ3n) is 3.43. The van der Waals surface area contributed by atoms with Crippen LogP contribution in [0.25, 0.3) is 0 Å². The SMILES string of the molecule is Cc1csc(C(=O)N2CCOC[C@H]2CN(C)CCO)c1. The first-order chi connectivity index (χ1) is 9.61. The lowest BCUT2D eigenvalue weighted by Gasteiger charge is -2.37. The zero-order valence-electron chi connectivity index (χ0n) is 12.0. The maximum absolute atomic E-state index is 12.6. The van der Waals surface area contributed by atoms with Crippen molar-refractivity contribution in [2.45, 2.75) is 13.0 Å². The van der Waals surface area contributed by atoms with Crippen LogP contribution in [0.4, 0.5) is 0 Å². The minimum Gasteiger partial charge on any atom is -0.395 e. The summed E-state index contributed by atoms with van der Waals surface area (Å²) in [5.74, 6) is 0.0915. The zero-order chi connectivity index (χ0) is 14.5. The molecule has 1 atom stereocenters. The van der Waals surface area contributed by atoms with E-state index in [1.165, 1.54) is 11.3 Å². The lowest BCUT2D eigenvalue weighted by atomic mass is 10.2. The molecule has 2 heterocycles. The molecule has 1 aromatic rings. The summed E-state index contributed by atoms with van der Waals surface area (Å²) in [6, 6.07) is 1.99. The molecule has 0 bridgehead atoms. The van der Waals surface area contributed by atoms with Crippen LogP contribution in [0.1, 0.15) is 15.2 Å². The summed E-state index contributed by atoms with van der Waals surface area (Å²) in [5.41, 5.74) is 1.13. The third-order valence-corrected chi connectivity index (χ3v) is 4.47. The minimum atomic E-state index is 0.0511. The number of amides is 1. The van der Waals surface area contributed by atoms with Crippen LogP contribution >= 0.6 is 11.3 Å². The van der Waals surface area contributed by atoms with E-state index in [2.05, 4.69) is 0 Å². The molecule has 1 aliphatic heterocycles.